The smallest absolute Gasteiger partial charge is 0.152 e. The standard InChI is InChI=1S/C12H14ClN2O/c1-2-3-4-12-9-14-15(16-12)11-7-5-10(13)6-8-11/h5-9,14H,1-4H2. The van der Waals surface area contributed by atoms with Crippen molar-refractivity contribution in [1.82, 2.24) is 5.43 Å². The molecule has 1 aromatic rings. The fraction of sp³-hybridized carbons (Fsp3) is 0.250. The minimum atomic E-state index is 0.716. The van der Waals surface area contributed by atoms with Gasteiger partial charge in [-0.1, -0.05) is 24.9 Å². The van der Waals surface area contributed by atoms with Gasteiger partial charge in [0, 0.05) is 11.4 Å². The minimum Gasteiger partial charge on any atom is -0.362 e. The van der Waals surface area contributed by atoms with Crippen LogP contribution < -0.4 is 10.6 Å². The summed E-state index contributed by atoms with van der Waals surface area (Å²) < 4.78 is 0. The first-order valence-electron chi connectivity index (χ1n) is 5.28. The highest BCUT2D eigenvalue weighted by Crippen LogP contribution is 2.22. The third-order valence-corrected chi connectivity index (χ3v) is 2.54. The van der Waals surface area contributed by atoms with Crippen molar-refractivity contribution in [1.29, 1.82) is 0 Å². The molecule has 0 amide bonds. The van der Waals surface area contributed by atoms with E-state index in [0.717, 1.165) is 30.7 Å². The number of hydrogen-bond acceptors (Lipinski definition) is 3. The van der Waals surface area contributed by atoms with Crippen LogP contribution in [0, 0.1) is 6.92 Å². The molecule has 0 fully saturated rings. The lowest BCUT2D eigenvalue weighted by Gasteiger charge is -2.17. The van der Waals surface area contributed by atoms with Crippen LogP contribution in [0.15, 0.2) is 36.2 Å². The predicted octanol–water partition coefficient (Wildman–Crippen LogP) is 3.44. The summed E-state index contributed by atoms with van der Waals surface area (Å²) in [5, 5.41) is 2.34. The van der Waals surface area contributed by atoms with E-state index in [1.807, 2.05) is 30.5 Å². The molecule has 85 valence electrons. The van der Waals surface area contributed by atoms with Crippen LogP contribution in [0.4, 0.5) is 5.69 Å². The average molecular weight is 238 g/mol. The normalized spacial score (nSPS) is 14.4. The Balaban J connectivity index is 1.93. The molecule has 0 aromatic heterocycles. The lowest BCUT2D eigenvalue weighted by molar-refractivity contribution is 0.182. The van der Waals surface area contributed by atoms with E-state index in [2.05, 4.69) is 12.3 Å². The molecule has 0 aliphatic carbocycles. The number of benzene rings is 1. The number of rotatable bonds is 4. The number of nitrogens with zero attached hydrogens (tertiary/aromatic N) is 1. The van der Waals surface area contributed by atoms with Crippen molar-refractivity contribution in [3.05, 3.63) is 48.2 Å². The predicted molar refractivity (Wildman–Crippen MR) is 65.4 cm³/mol. The molecule has 16 heavy (non-hydrogen) atoms. The van der Waals surface area contributed by atoms with Gasteiger partial charge in [-0.05, 0) is 30.7 Å². The monoisotopic (exact) mass is 237 g/mol. The van der Waals surface area contributed by atoms with Crippen LogP contribution in [-0.4, -0.2) is 0 Å². The van der Waals surface area contributed by atoms with Gasteiger partial charge in [0.25, 0.3) is 0 Å². The van der Waals surface area contributed by atoms with Crippen molar-refractivity contribution < 1.29 is 4.84 Å². The lowest BCUT2D eigenvalue weighted by atomic mass is 10.2. The van der Waals surface area contributed by atoms with E-state index >= 15 is 0 Å². The van der Waals surface area contributed by atoms with E-state index in [9.17, 15) is 0 Å². The third kappa shape index (κ3) is 2.61. The maximum atomic E-state index is 5.82. The maximum absolute atomic E-state index is 5.82. The zero-order valence-electron chi connectivity index (χ0n) is 8.95. The number of allylic oxidation sites excluding steroid dienone is 1. The number of hydrazine groups is 1. The summed E-state index contributed by atoms with van der Waals surface area (Å²) in [6.07, 6.45) is 4.72. The highest BCUT2D eigenvalue weighted by molar-refractivity contribution is 6.30. The van der Waals surface area contributed by atoms with E-state index in [1.165, 1.54) is 0 Å². The van der Waals surface area contributed by atoms with Gasteiger partial charge >= 0.3 is 0 Å². The fourth-order valence-electron chi connectivity index (χ4n) is 1.42. The molecular weight excluding hydrogens is 224 g/mol. The first-order valence-corrected chi connectivity index (χ1v) is 5.65. The van der Waals surface area contributed by atoms with Gasteiger partial charge < -0.3 is 4.84 Å². The molecule has 0 saturated heterocycles. The molecule has 1 radical (unpaired) electrons. The van der Waals surface area contributed by atoms with E-state index in [-0.39, 0.29) is 0 Å². The largest absolute Gasteiger partial charge is 0.362 e. The van der Waals surface area contributed by atoms with Crippen LogP contribution in [0.1, 0.15) is 19.3 Å². The van der Waals surface area contributed by atoms with E-state index < -0.39 is 0 Å². The second kappa shape index (κ2) is 5.12. The fourth-order valence-corrected chi connectivity index (χ4v) is 1.55. The van der Waals surface area contributed by atoms with Gasteiger partial charge in [0.2, 0.25) is 0 Å². The van der Waals surface area contributed by atoms with Crippen LogP contribution in [0.3, 0.4) is 0 Å². The van der Waals surface area contributed by atoms with Crippen molar-refractivity contribution in [2.45, 2.75) is 19.3 Å². The Morgan fingerprint density at radius 2 is 2.06 bits per heavy atom. The Morgan fingerprint density at radius 1 is 1.31 bits per heavy atom. The zero-order valence-corrected chi connectivity index (χ0v) is 9.70. The van der Waals surface area contributed by atoms with Crippen molar-refractivity contribution >= 4 is 17.3 Å². The van der Waals surface area contributed by atoms with E-state index in [1.54, 1.807) is 5.17 Å². The molecule has 1 aliphatic rings. The van der Waals surface area contributed by atoms with Crippen molar-refractivity contribution in [2.75, 3.05) is 5.17 Å². The zero-order chi connectivity index (χ0) is 11.4. The molecule has 0 unspecified atom stereocenters. The van der Waals surface area contributed by atoms with Gasteiger partial charge in [0.15, 0.2) is 5.76 Å². The second-order valence-electron chi connectivity index (χ2n) is 3.56. The van der Waals surface area contributed by atoms with Gasteiger partial charge in [-0.2, -0.15) is 0 Å². The summed E-state index contributed by atoms with van der Waals surface area (Å²) in [4.78, 5) is 5.60. The lowest BCUT2D eigenvalue weighted by Crippen LogP contribution is -2.28. The second-order valence-corrected chi connectivity index (χ2v) is 4.00. The van der Waals surface area contributed by atoms with Gasteiger partial charge in [-0.25, -0.2) is 0 Å². The highest BCUT2D eigenvalue weighted by atomic mass is 35.5. The first-order chi connectivity index (χ1) is 7.79. The van der Waals surface area contributed by atoms with Crippen molar-refractivity contribution in [3.63, 3.8) is 0 Å². The highest BCUT2D eigenvalue weighted by Gasteiger charge is 2.15. The third-order valence-electron chi connectivity index (χ3n) is 2.29. The SMILES string of the molecule is [CH2]CCCC1=CNN(c2ccc(Cl)cc2)O1. The summed E-state index contributed by atoms with van der Waals surface area (Å²) >= 11 is 5.82. The topological polar surface area (TPSA) is 24.5 Å². The molecule has 0 spiro atoms. The number of nitrogens with one attached hydrogen (secondary N) is 1. The van der Waals surface area contributed by atoms with Crippen LogP contribution >= 0.6 is 11.6 Å². The van der Waals surface area contributed by atoms with Crippen LogP contribution in [0.2, 0.25) is 5.02 Å². The van der Waals surface area contributed by atoms with Crippen molar-refractivity contribution in [3.8, 4) is 0 Å². The number of unbranched alkanes of at least 4 members (excludes halogenated alkanes) is 1. The number of anilines is 1. The van der Waals surface area contributed by atoms with E-state index in [4.69, 9.17) is 16.4 Å². The molecule has 2 rings (SSSR count). The summed E-state index contributed by atoms with van der Waals surface area (Å²) in [6, 6.07) is 7.45. The Bertz CT molecular complexity index is 375. The molecule has 1 heterocycles. The molecule has 1 N–H and O–H groups in total. The Morgan fingerprint density at radius 3 is 2.75 bits per heavy atom. The number of hydrogen-bond donors (Lipinski definition) is 1. The van der Waals surface area contributed by atoms with Gasteiger partial charge in [-0.3, -0.25) is 5.43 Å². The molecule has 1 aromatic carbocycles. The van der Waals surface area contributed by atoms with Crippen LogP contribution in [-0.2, 0) is 4.84 Å². The Kier molecular flexibility index (Phi) is 3.57. The van der Waals surface area contributed by atoms with Crippen LogP contribution in [0.25, 0.3) is 0 Å². The minimum absolute atomic E-state index is 0.716. The van der Waals surface area contributed by atoms with Crippen molar-refractivity contribution in [2.24, 2.45) is 0 Å². The molecule has 0 saturated carbocycles. The van der Waals surface area contributed by atoms with Gasteiger partial charge in [0.1, 0.15) is 0 Å². The summed E-state index contributed by atoms with van der Waals surface area (Å²) in [7, 11) is 0. The van der Waals surface area contributed by atoms with Gasteiger partial charge in [0.05, 0.1) is 11.9 Å². The molecule has 0 bridgehead atoms. The maximum Gasteiger partial charge on any atom is 0.152 e. The molecule has 1 aliphatic heterocycles. The molecular formula is C12H14ClN2O. The Labute approximate surface area is 101 Å². The summed E-state index contributed by atoms with van der Waals surface area (Å²) in [5.41, 5.74) is 3.96. The summed E-state index contributed by atoms with van der Waals surface area (Å²) in [5.74, 6) is 0.929. The first kappa shape index (κ1) is 11.1. The van der Waals surface area contributed by atoms with E-state index in [0.29, 0.717) is 5.02 Å². The van der Waals surface area contributed by atoms with Gasteiger partial charge in [-0.15, -0.1) is 5.17 Å². The number of halogens is 1. The molecule has 4 heteroatoms. The average Bonchev–Trinajstić information content (AvgIpc) is 2.76. The molecule has 0 atom stereocenters. The molecule has 3 nitrogen and oxygen atoms in total. The quantitative estimate of drug-likeness (QED) is 0.868. The van der Waals surface area contributed by atoms with Crippen LogP contribution in [0.5, 0.6) is 0 Å². The Hall–Kier alpha value is -1.35. The summed E-state index contributed by atoms with van der Waals surface area (Å²) in [6.45, 7) is 3.80.